The first kappa shape index (κ1) is 11.8. The van der Waals surface area contributed by atoms with Crippen LogP contribution in [0.4, 0.5) is 5.69 Å². The maximum absolute atomic E-state index is 5.94. The number of aryl methyl sites for hydroxylation is 1. The maximum atomic E-state index is 5.94. The third-order valence-electron chi connectivity index (χ3n) is 2.77. The van der Waals surface area contributed by atoms with Crippen molar-refractivity contribution in [2.24, 2.45) is 0 Å². The second kappa shape index (κ2) is 4.44. The van der Waals surface area contributed by atoms with Crippen molar-refractivity contribution in [3.8, 4) is 22.8 Å². The Morgan fingerprint density at radius 2 is 2.05 bits per heavy atom. The summed E-state index contributed by atoms with van der Waals surface area (Å²) in [6.07, 6.45) is 1.58. The molecule has 0 atom stereocenters. The molecule has 96 valence electrons. The van der Waals surface area contributed by atoms with E-state index in [2.05, 4.69) is 10.1 Å². The Morgan fingerprint density at radius 3 is 2.79 bits per heavy atom. The maximum Gasteiger partial charge on any atom is 0.260 e. The minimum atomic E-state index is 0.329. The van der Waals surface area contributed by atoms with Crippen LogP contribution in [0.3, 0.4) is 0 Å². The third-order valence-corrected chi connectivity index (χ3v) is 3.01. The first-order chi connectivity index (χ1) is 9.15. The lowest BCUT2D eigenvalue weighted by Gasteiger charge is -2.00. The van der Waals surface area contributed by atoms with Crippen molar-refractivity contribution in [2.75, 3.05) is 5.73 Å². The summed E-state index contributed by atoms with van der Waals surface area (Å²) in [5.74, 6) is 1.52. The lowest BCUT2D eigenvalue weighted by molar-refractivity contribution is 0.432. The van der Waals surface area contributed by atoms with Gasteiger partial charge in [0.15, 0.2) is 0 Å². The fourth-order valence-electron chi connectivity index (χ4n) is 1.77. The minimum Gasteiger partial charge on any atom is -0.469 e. The molecule has 0 fully saturated rings. The van der Waals surface area contributed by atoms with Gasteiger partial charge in [0.25, 0.3) is 5.89 Å². The van der Waals surface area contributed by atoms with Gasteiger partial charge in [-0.15, -0.1) is 0 Å². The molecule has 2 N–H and O–H groups in total. The molecule has 6 heteroatoms. The Bertz CT molecular complexity index is 733. The molecule has 0 aliphatic carbocycles. The van der Waals surface area contributed by atoms with Crippen LogP contribution in [0.25, 0.3) is 22.8 Å². The fraction of sp³-hybridized carbons (Fsp3) is 0.0769. The lowest BCUT2D eigenvalue weighted by Crippen LogP contribution is -1.90. The smallest absolute Gasteiger partial charge is 0.260 e. The highest BCUT2D eigenvalue weighted by atomic mass is 35.5. The van der Waals surface area contributed by atoms with Crippen molar-refractivity contribution in [3.05, 3.63) is 41.3 Å². The van der Waals surface area contributed by atoms with Crippen LogP contribution in [0.5, 0.6) is 0 Å². The molecule has 2 aromatic heterocycles. The first-order valence-electron chi connectivity index (χ1n) is 5.59. The highest BCUT2D eigenvalue weighted by Gasteiger charge is 2.15. The number of nitrogens with two attached hydrogens (primary N) is 1. The average Bonchev–Trinajstić information content (AvgIpc) is 3.00. The summed E-state index contributed by atoms with van der Waals surface area (Å²) in [6, 6.07) is 6.88. The van der Waals surface area contributed by atoms with Crippen LogP contribution < -0.4 is 5.73 Å². The Kier molecular flexibility index (Phi) is 2.76. The summed E-state index contributed by atoms with van der Waals surface area (Å²) in [5, 5.41) is 4.48. The van der Waals surface area contributed by atoms with E-state index in [1.54, 1.807) is 30.5 Å². The van der Waals surface area contributed by atoms with E-state index >= 15 is 0 Å². The molecular weight excluding hydrogens is 266 g/mol. The number of hydrogen-bond acceptors (Lipinski definition) is 5. The van der Waals surface area contributed by atoms with Crippen molar-refractivity contribution in [3.63, 3.8) is 0 Å². The van der Waals surface area contributed by atoms with Crippen LogP contribution in [0.1, 0.15) is 5.76 Å². The van der Waals surface area contributed by atoms with Crippen molar-refractivity contribution < 1.29 is 8.94 Å². The number of benzene rings is 1. The predicted molar refractivity (Wildman–Crippen MR) is 71.6 cm³/mol. The topological polar surface area (TPSA) is 78.1 Å². The van der Waals surface area contributed by atoms with Gasteiger partial charge >= 0.3 is 0 Å². The van der Waals surface area contributed by atoms with Crippen LogP contribution in [-0.2, 0) is 0 Å². The van der Waals surface area contributed by atoms with Crippen molar-refractivity contribution in [1.82, 2.24) is 10.1 Å². The van der Waals surface area contributed by atoms with Crippen LogP contribution in [0.2, 0.25) is 5.02 Å². The normalized spacial score (nSPS) is 10.8. The van der Waals surface area contributed by atoms with Crippen LogP contribution >= 0.6 is 11.6 Å². The van der Waals surface area contributed by atoms with Crippen molar-refractivity contribution in [2.45, 2.75) is 6.92 Å². The molecule has 0 unspecified atom stereocenters. The van der Waals surface area contributed by atoms with E-state index in [4.69, 9.17) is 26.3 Å². The summed E-state index contributed by atoms with van der Waals surface area (Å²) in [6.45, 7) is 1.83. The van der Waals surface area contributed by atoms with E-state index in [1.807, 2.05) is 6.92 Å². The van der Waals surface area contributed by atoms with Gasteiger partial charge in [-0.1, -0.05) is 16.8 Å². The number of aromatic nitrogens is 2. The van der Waals surface area contributed by atoms with E-state index in [0.717, 1.165) is 11.3 Å². The molecule has 0 radical (unpaired) electrons. The van der Waals surface area contributed by atoms with Gasteiger partial charge < -0.3 is 14.7 Å². The highest BCUT2D eigenvalue weighted by Crippen LogP contribution is 2.30. The zero-order chi connectivity index (χ0) is 13.4. The van der Waals surface area contributed by atoms with Gasteiger partial charge in [0.05, 0.1) is 17.4 Å². The van der Waals surface area contributed by atoms with Gasteiger partial charge in [-0.05, 0) is 31.2 Å². The fourth-order valence-corrected chi connectivity index (χ4v) is 1.95. The number of anilines is 1. The summed E-state index contributed by atoms with van der Waals surface area (Å²) >= 11 is 5.94. The number of furan rings is 1. The number of hydrogen-bond donors (Lipinski definition) is 1. The average molecular weight is 276 g/mol. The standard InChI is InChI=1S/C13H10ClN3O2/c1-7-9(4-5-18-7)12-16-13(19-17-12)10-6-8(14)2-3-11(10)15/h2-6H,15H2,1H3. The molecule has 19 heavy (non-hydrogen) atoms. The van der Waals surface area contributed by atoms with Crippen LogP contribution in [0.15, 0.2) is 39.5 Å². The monoisotopic (exact) mass is 275 g/mol. The van der Waals surface area contributed by atoms with E-state index in [-0.39, 0.29) is 0 Å². The van der Waals surface area contributed by atoms with Crippen molar-refractivity contribution >= 4 is 17.3 Å². The van der Waals surface area contributed by atoms with Crippen molar-refractivity contribution in [1.29, 1.82) is 0 Å². The second-order valence-electron chi connectivity index (χ2n) is 4.05. The van der Waals surface area contributed by atoms with E-state index in [1.165, 1.54) is 0 Å². The molecule has 5 nitrogen and oxygen atoms in total. The lowest BCUT2D eigenvalue weighted by atomic mass is 10.2. The Hall–Kier alpha value is -2.27. The van der Waals surface area contributed by atoms with E-state index in [0.29, 0.717) is 28.0 Å². The Balaban J connectivity index is 2.06. The summed E-state index contributed by atoms with van der Waals surface area (Å²) in [5.41, 5.74) is 7.81. The van der Waals surface area contributed by atoms with Gasteiger partial charge in [0.2, 0.25) is 5.82 Å². The summed E-state index contributed by atoms with van der Waals surface area (Å²) in [7, 11) is 0. The van der Waals surface area contributed by atoms with Gasteiger partial charge in [-0.3, -0.25) is 0 Å². The third kappa shape index (κ3) is 2.08. The first-order valence-corrected chi connectivity index (χ1v) is 5.96. The zero-order valence-corrected chi connectivity index (χ0v) is 10.8. The number of rotatable bonds is 2. The predicted octanol–water partition coefficient (Wildman–Crippen LogP) is 3.54. The summed E-state index contributed by atoms with van der Waals surface area (Å²) < 4.78 is 10.4. The van der Waals surface area contributed by atoms with Crippen LogP contribution in [-0.4, -0.2) is 10.1 Å². The quantitative estimate of drug-likeness (QED) is 0.724. The molecule has 1 aromatic carbocycles. The number of halogens is 1. The van der Waals surface area contributed by atoms with Crippen LogP contribution in [0, 0.1) is 6.92 Å². The highest BCUT2D eigenvalue weighted by molar-refractivity contribution is 6.31. The molecule has 3 rings (SSSR count). The Morgan fingerprint density at radius 1 is 1.21 bits per heavy atom. The SMILES string of the molecule is Cc1occc1-c1noc(-c2cc(Cl)ccc2N)n1. The zero-order valence-electron chi connectivity index (χ0n) is 10.1. The molecular formula is C13H10ClN3O2. The Labute approximate surface area is 114 Å². The molecule has 0 aliphatic heterocycles. The van der Waals surface area contributed by atoms with Gasteiger partial charge in [-0.25, -0.2) is 0 Å². The van der Waals surface area contributed by atoms with Gasteiger partial charge in [0, 0.05) is 10.7 Å². The molecule has 0 amide bonds. The molecule has 0 saturated heterocycles. The van der Waals surface area contributed by atoms with Gasteiger partial charge in [-0.2, -0.15) is 4.98 Å². The molecule has 0 spiro atoms. The molecule has 2 heterocycles. The molecule has 0 saturated carbocycles. The molecule has 3 aromatic rings. The molecule has 0 aliphatic rings. The van der Waals surface area contributed by atoms with E-state index < -0.39 is 0 Å². The second-order valence-corrected chi connectivity index (χ2v) is 4.48. The largest absolute Gasteiger partial charge is 0.469 e. The number of nitrogen functional groups attached to an aromatic ring is 1. The molecule has 0 bridgehead atoms. The summed E-state index contributed by atoms with van der Waals surface area (Å²) in [4.78, 5) is 4.31. The number of nitrogens with zero attached hydrogens (tertiary/aromatic N) is 2. The minimum absolute atomic E-state index is 0.329. The van der Waals surface area contributed by atoms with Gasteiger partial charge in [0.1, 0.15) is 5.76 Å². The van der Waals surface area contributed by atoms with E-state index in [9.17, 15) is 0 Å².